The number of aryl methyl sites for hydroxylation is 1. The zero-order chi connectivity index (χ0) is 11.5. The first kappa shape index (κ1) is 12.2. The molecule has 0 aromatic heterocycles. The van der Waals surface area contributed by atoms with Crippen LogP contribution in [-0.2, 0) is 10.0 Å². The molecule has 0 spiro atoms. The van der Waals surface area contributed by atoms with Crippen molar-refractivity contribution in [2.24, 2.45) is 5.73 Å². The van der Waals surface area contributed by atoms with Crippen molar-refractivity contribution in [3.8, 4) is 0 Å². The summed E-state index contributed by atoms with van der Waals surface area (Å²) in [6.45, 7) is 3.76. The van der Waals surface area contributed by atoms with Gasteiger partial charge in [-0.15, -0.1) is 0 Å². The quantitative estimate of drug-likeness (QED) is 0.793. The molecule has 4 nitrogen and oxygen atoms in total. The summed E-state index contributed by atoms with van der Waals surface area (Å²) < 4.78 is 26.0. The monoisotopic (exact) mass is 228 g/mol. The Morgan fingerprint density at radius 1 is 1.40 bits per heavy atom. The second kappa shape index (κ2) is 4.74. The van der Waals surface area contributed by atoms with Crippen LogP contribution in [0.25, 0.3) is 0 Å². The molecule has 15 heavy (non-hydrogen) atoms. The van der Waals surface area contributed by atoms with Gasteiger partial charge in [-0.1, -0.05) is 18.2 Å². The minimum atomic E-state index is -3.42. The Kier molecular flexibility index (Phi) is 3.84. The molecule has 1 aromatic rings. The molecule has 0 saturated heterocycles. The number of sulfonamides is 1. The molecule has 0 aliphatic carbocycles. The Hall–Kier alpha value is -0.910. The number of hydrogen-bond donors (Lipinski definition) is 2. The van der Waals surface area contributed by atoms with Crippen molar-refractivity contribution >= 4 is 10.0 Å². The smallest absolute Gasteiger partial charge is 0.240 e. The summed E-state index contributed by atoms with van der Waals surface area (Å²) in [4.78, 5) is 0.311. The van der Waals surface area contributed by atoms with Crippen LogP contribution in [0, 0.1) is 6.92 Å². The lowest BCUT2D eigenvalue weighted by molar-refractivity contribution is 0.573. The number of nitrogens with one attached hydrogen (secondary N) is 1. The van der Waals surface area contributed by atoms with Gasteiger partial charge in [-0.25, -0.2) is 13.1 Å². The SMILES string of the molecule is Cc1ccccc1S(=O)(=O)NCC(C)N. The fourth-order valence-corrected chi connectivity index (χ4v) is 2.56. The lowest BCUT2D eigenvalue weighted by Gasteiger charge is -2.10. The molecule has 1 aromatic carbocycles. The third kappa shape index (κ3) is 3.30. The van der Waals surface area contributed by atoms with Crippen LogP contribution < -0.4 is 10.5 Å². The fraction of sp³-hybridized carbons (Fsp3) is 0.400. The van der Waals surface area contributed by atoms with Crippen LogP contribution in [0.15, 0.2) is 29.2 Å². The summed E-state index contributed by atoms with van der Waals surface area (Å²) in [6.07, 6.45) is 0. The van der Waals surface area contributed by atoms with Crippen LogP contribution in [0.3, 0.4) is 0 Å². The molecule has 5 heteroatoms. The second-order valence-corrected chi connectivity index (χ2v) is 5.33. The van der Waals surface area contributed by atoms with Gasteiger partial charge in [-0.3, -0.25) is 0 Å². The standard InChI is InChI=1S/C10H16N2O2S/c1-8-5-3-4-6-10(8)15(13,14)12-7-9(2)11/h3-6,9,12H,7,11H2,1-2H3. The maximum absolute atomic E-state index is 11.8. The van der Waals surface area contributed by atoms with Gasteiger partial charge in [-0.05, 0) is 25.5 Å². The van der Waals surface area contributed by atoms with E-state index in [9.17, 15) is 8.42 Å². The summed E-state index contributed by atoms with van der Waals surface area (Å²) >= 11 is 0. The number of rotatable bonds is 4. The van der Waals surface area contributed by atoms with Crippen molar-refractivity contribution in [2.45, 2.75) is 24.8 Å². The van der Waals surface area contributed by atoms with E-state index in [0.717, 1.165) is 5.56 Å². The molecule has 1 unspecified atom stereocenters. The third-order valence-electron chi connectivity index (χ3n) is 1.98. The van der Waals surface area contributed by atoms with Gasteiger partial charge in [0.2, 0.25) is 10.0 Å². The molecular weight excluding hydrogens is 212 g/mol. The number of hydrogen-bond acceptors (Lipinski definition) is 3. The van der Waals surface area contributed by atoms with E-state index < -0.39 is 10.0 Å². The van der Waals surface area contributed by atoms with Gasteiger partial charge in [0.25, 0.3) is 0 Å². The molecule has 1 rings (SSSR count). The van der Waals surface area contributed by atoms with E-state index in [-0.39, 0.29) is 12.6 Å². The van der Waals surface area contributed by atoms with Gasteiger partial charge in [0.05, 0.1) is 4.90 Å². The molecule has 0 amide bonds. The highest BCUT2D eigenvalue weighted by Crippen LogP contribution is 2.13. The normalized spacial score (nSPS) is 13.8. The van der Waals surface area contributed by atoms with Gasteiger partial charge < -0.3 is 5.73 Å². The fourth-order valence-electron chi connectivity index (χ4n) is 1.18. The minimum absolute atomic E-state index is 0.191. The van der Waals surface area contributed by atoms with Gasteiger partial charge in [0, 0.05) is 12.6 Å². The van der Waals surface area contributed by atoms with Gasteiger partial charge in [0.15, 0.2) is 0 Å². The van der Waals surface area contributed by atoms with Crippen LogP contribution >= 0.6 is 0 Å². The van der Waals surface area contributed by atoms with Crippen LogP contribution in [0.5, 0.6) is 0 Å². The van der Waals surface area contributed by atoms with Crippen molar-refractivity contribution in [3.63, 3.8) is 0 Å². The molecule has 3 N–H and O–H groups in total. The van der Waals surface area contributed by atoms with E-state index in [0.29, 0.717) is 4.90 Å². The van der Waals surface area contributed by atoms with Crippen molar-refractivity contribution in [1.29, 1.82) is 0 Å². The van der Waals surface area contributed by atoms with Crippen LogP contribution in [0.4, 0.5) is 0 Å². The predicted molar refractivity (Wildman–Crippen MR) is 60.0 cm³/mol. The molecule has 0 aliphatic heterocycles. The zero-order valence-electron chi connectivity index (χ0n) is 8.90. The average molecular weight is 228 g/mol. The first-order chi connectivity index (χ1) is 6.93. The minimum Gasteiger partial charge on any atom is -0.327 e. The van der Waals surface area contributed by atoms with Gasteiger partial charge in [-0.2, -0.15) is 0 Å². The number of nitrogens with two attached hydrogens (primary N) is 1. The van der Waals surface area contributed by atoms with Crippen LogP contribution in [-0.4, -0.2) is 21.0 Å². The molecule has 0 bridgehead atoms. The summed E-state index contributed by atoms with van der Waals surface area (Å²) in [6, 6.07) is 6.66. The Morgan fingerprint density at radius 2 is 2.00 bits per heavy atom. The lowest BCUT2D eigenvalue weighted by Crippen LogP contribution is -2.35. The lowest BCUT2D eigenvalue weighted by atomic mass is 10.2. The molecule has 84 valence electrons. The maximum Gasteiger partial charge on any atom is 0.240 e. The van der Waals surface area contributed by atoms with E-state index in [1.165, 1.54) is 0 Å². The molecular formula is C10H16N2O2S. The number of benzene rings is 1. The summed E-state index contributed by atoms with van der Waals surface area (Å²) in [7, 11) is -3.42. The Bertz CT molecular complexity index is 427. The van der Waals surface area contributed by atoms with Gasteiger partial charge >= 0.3 is 0 Å². The predicted octanol–water partition coefficient (Wildman–Crippen LogP) is 0.621. The van der Waals surface area contributed by atoms with Crippen molar-refractivity contribution in [3.05, 3.63) is 29.8 Å². The maximum atomic E-state index is 11.8. The largest absolute Gasteiger partial charge is 0.327 e. The summed E-state index contributed by atoms with van der Waals surface area (Å²) in [5, 5.41) is 0. The highest BCUT2D eigenvalue weighted by atomic mass is 32.2. The van der Waals surface area contributed by atoms with E-state index in [1.807, 2.05) is 0 Å². The second-order valence-electron chi connectivity index (χ2n) is 3.59. The Balaban J connectivity index is 2.92. The van der Waals surface area contributed by atoms with Crippen LogP contribution in [0.2, 0.25) is 0 Å². The average Bonchev–Trinajstić information content (AvgIpc) is 2.15. The topological polar surface area (TPSA) is 72.2 Å². The van der Waals surface area contributed by atoms with Crippen LogP contribution in [0.1, 0.15) is 12.5 Å². The van der Waals surface area contributed by atoms with E-state index in [1.54, 1.807) is 38.1 Å². The van der Waals surface area contributed by atoms with E-state index >= 15 is 0 Å². The highest BCUT2D eigenvalue weighted by Gasteiger charge is 2.15. The van der Waals surface area contributed by atoms with E-state index in [4.69, 9.17) is 5.73 Å². The van der Waals surface area contributed by atoms with Gasteiger partial charge in [0.1, 0.15) is 0 Å². The Morgan fingerprint density at radius 3 is 2.53 bits per heavy atom. The molecule has 0 saturated carbocycles. The summed E-state index contributed by atoms with van der Waals surface area (Å²) in [5.41, 5.74) is 6.22. The molecule has 0 heterocycles. The highest BCUT2D eigenvalue weighted by molar-refractivity contribution is 7.89. The van der Waals surface area contributed by atoms with Crippen molar-refractivity contribution < 1.29 is 8.42 Å². The Labute approximate surface area is 90.5 Å². The summed E-state index contributed by atoms with van der Waals surface area (Å²) in [5.74, 6) is 0. The molecule has 0 radical (unpaired) electrons. The van der Waals surface area contributed by atoms with E-state index in [2.05, 4.69) is 4.72 Å². The van der Waals surface area contributed by atoms with Crippen molar-refractivity contribution in [1.82, 2.24) is 4.72 Å². The first-order valence-corrected chi connectivity index (χ1v) is 6.22. The molecule has 1 atom stereocenters. The molecule has 0 fully saturated rings. The first-order valence-electron chi connectivity index (χ1n) is 4.74. The molecule has 0 aliphatic rings. The third-order valence-corrected chi connectivity index (χ3v) is 3.56. The zero-order valence-corrected chi connectivity index (χ0v) is 9.71. The van der Waals surface area contributed by atoms with Crippen molar-refractivity contribution in [2.75, 3.05) is 6.54 Å².